The molecule has 4 rings (SSSR count). The van der Waals surface area contributed by atoms with Crippen molar-refractivity contribution in [1.82, 2.24) is 14.8 Å². The van der Waals surface area contributed by atoms with E-state index < -0.39 is 0 Å². The monoisotopic (exact) mass is 375 g/mol. The average Bonchev–Trinajstić information content (AvgIpc) is 3.19. The minimum atomic E-state index is 0.000979. The van der Waals surface area contributed by atoms with Gasteiger partial charge in [-0.2, -0.15) is 0 Å². The van der Waals surface area contributed by atoms with E-state index in [-0.39, 0.29) is 11.7 Å². The summed E-state index contributed by atoms with van der Waals surface area (Å²) in [4.78, 5) is 0. The molecule has 0 radical (unpaired) electrons. The molecule has 1 aliphatic rings. The van der Waals surface area contributed by atoms with Crippen molar-refractivity contribution in [1.29, 1.82) is 0 Å². The standard InChI is InChI=1S/C18H15Cl2N3O2/c1-25-12-4-2-3-10(7-12)18-22-21-15-8-11(9-23(15)18)16-14(24)6-5-13(19)17(16)20/h2-7,11,24H,8-9H2,1H3/t11-/m0/s1. The van der Waals surface area contributed by atoms with E-state index in [1.54, 1.807) is 19.2 Å². The second-order valence-electron chi connectivity index (χ2n) is 5.98. The number of aromatic hydroxyl groups is 1. The number of phenols is 1. The molecule has 1 N–H and O–H groups in total. The van der Waals surface area contributed by atoms with Crippen LogP contribution in [0.1, 0.15) is 17.3 Å². The van der Waals surface area contributed by atoms with Crippen LogP contribution in [0.4, 0.5) is 0 Å². The van der Waals surface area contributed by atoms with Gasteiger partial charge in [-0.15, -0.1) is 10.2 Å². The Morgan fingerprint density at radius 3 is 2.84 bits per heavy atom. The first kappa shape index (κ1) is 16.2. The number of benzene rings is 2. The Bertz CT molecular complexity index is 955. The molecule has 5 nitrogen and oxygen atoms in total. The Hall–Kier alpha value is -2.24. The maximum atomic E-state index is 10.2. The largest absolute Gasteiger partial charge is 0.508 e. The summed E-state index contributed by atoms with van der Waals surface area (Å²) < 4.78 is 7.34. The Balaban J connectivity index is 1.71. The van der Waals surface area contributed by atoms with E-state index in [0.717, 1.165) is 23.0 Å². The van der Waals surface area contributed by atoms with Crippen LogP contribution < -0.4 is 4.74 Å². The first-order valence-corrected chi connectivity index (χ1v) is 8.57. The molecule has 0 fully saturated rings. The molecule has 0 saturated carbocycles. The molecule has 0 saturated heterocycles. The summed E-state index contributed by atoms with van der Waals surface area (Å²) in [5.74, 6) is 2.55. The summed E-state index contributed by atoms with van der Waals surface area (Å²) in [6.45, 7) is 0.627. The Kier molecular flexibility index (Phi) is 4.06. The predicted octanol–water partition coefficient (Wildman–Crippen LogP) is 4.31. The highest BCUT2D eigenvalue weighted by atomic mass is 35.5. The number of aromatic nitrogens is 3. The fraction of sp³-hybridized carbons (Fsp3) is 0.222. The minimum Gasteiger partial charge on any atom is -0.508 e. The summed E-state index contributed by atoms with van der Waals surface area (Å²) in [6, 6.07) is 10.9. The predicted molar refractivity (Wildman–Crippen MR) is 96.6 cm³/mol. The summed E-state index contributed by atoms with van der Waals surface area (Å²) in [5.41, 5.74) is 1.59. The third-order valence-corrected chi connectivity index (χ3v) is 5.32. The molecule has 1 aromatic heterocycles. The number of nitrogens with zero attached hydrogens (tertiary/aromatic N) is 3. The second kappa shape index (κ2) is 6.24. The normalized spacial score (nSPS) is 16.0. The quantitative estimate of drug-likeness (QED) is 0.740. The van der Waals surface area contributed by atoms with Crippen LogP contribution in [0.5, 0.6) is 11.5 Å². The van der Waals surface area contributed by atoms with Crippen molar-refractivity contribution >= 4 is 23.2 Å². The minimum absolute atomic E-state index is 0.000979. The van der Waals surface area contributed by atoms with Gasteiger partial charge in [0.1, 0.15) is 17.3 Å². The lowest BCUT2D eigenvalue weighted by atomic mass is 9.96. The third kappa shape index (κ3) is 2.73. The average molecular weight is 376 g/mol. The Morgan fingerprint density at radius 1 is 1.20 bits per heavy atom. The maximum Gasteiger partial charge on any atom is 0.164 e. The lowest BCUT2D eigenvalue weighted by molar-refractivity contribution is 0.415. The fourth-order valence-electron chi connectivity index (χ4n) is 3.30. The zero-order valence-electron chi connectivity index (χ0n) is 13.4. The van der Waals surface area contributed by atoms with Crippen LogP contribution in [0.15, 0.2) is 36.4 Å². The smallest absolute Gasteiger partial charge is 0.164 e. The van der Waals surface area contributed by atoms with E-state index in [0.29, 0.717) is 28.6 Å². The van der Waals surface area contributed by atoms with Gasteiger partial charge in [0.15, 0.2) is 5.82 Å². The summed E-state index contributed by atoms with van der Waals surface area (Å²) in [5, 5.41) is 19.7. The maximum absolute atomic E-state index is 10.2. The van der Waals surface area contributed by atoms with Gasteiger partial charge in [0.2, 0.25) is 0 Å². The third-order valence-electron chi connectivity index (χ3n) is 4.51. The number of methoxy groups -OCH3 is 1. The van der Waals surface area contributed by atoms with E-state index >= 15 is 0 Å². The highest BCUT2D eigenvalue weighted by Crippen LogP contribution is 2.42. The molecular formula is C18H15Cl2N3O2. The number of hydrogen-bond acceptors (Lipinski definition) is 4. The molecule has 0 amide bonds. The molecule has 0 unspecified atom stereocenters. The van der Waals surface area contributed by atoms with E-state index in [4.69, 9.17) is 27.9 Å². The summed E-state index contributed by atoms with van der Waals surface area (Å²) >= 11 is 12.4. The van der Waals surface area contributed by atoms with Gasteiger partial charge in [-0.3, -0.25) is 0 Å². The van der Waals surface area contributed by atoms with Crippen molar-refractivity contribution in [3.8, 4) is 22.9 Å². The van der Waals surface area contributed by atoms with Crippen molar-refractivity contribution in [3.63, 3.8) is 0 Å². The van der Waals surface area contributed by atoms with Crippen molar-refractivity contribution < 1.29 is 9.84 Å². The highest BCUT2D eigenvalue weighted by molar-refractivity contribution is 6.42. The molecule has 7 heteroatoms. The number of phenolic OH excluding ortho intramolecular Hbond substituents is 1. The second-order valence-corrected chi connectivity index (χ2v) is 6.76. The summed E-state index contributed by atoms with van der Waals surface area (Å²) in [7, 11) is 1.63. The van der Waals surface area contributed by atoms with Crippen LogP contribution in [0.2, 0.25) is 10.0 Å². The van der Waals surface area contributed by atoms with Gasteiger partial charge in [0, 0.05) is 30.0 Å². The van der Waals surface area contributed by atoms with Crippen molar-refractivity contribution in [2.75, 3.05) is 7.11 Å². The fourth-order valence-corrected chi connectivity index (χ4v) is 3.78. The van der Waals surface area contributed by atoms with Crippen LogP contribution in [-0.4, -0.2) is 27.0 Å². The lowest BCUT2D eigenvalue weighted by Gasteiger charge is -2.15. The zero-order chi connectivity index (χ0) is 17.6. The lowest BCUT2D eigenvalue weighted by Crippen LogP contribution is -2.04. The molecule has 0 bridgehead atoms. The van der Waals surface area contributed by atoms with Gasteiger partial charge in [-0.05, 0) is 24.3 Å². The van der Waals surface area contributed by atoms with E-state index in [2.05, 4.69) is 14.8 Å². The Morgan fingerprint density at radius 2 is 2.04 bits per heavy atom. The van der Waals surface area contributed by atoms with E-state index in [9.17, 15) is 5.11 Å². The number of hydrogen-bond donors (Lipinski definition) is 1. The van der Waals surface area contributed by atoms with Crippen LogP contribution >= 0.6 is 23.2 Å². The molecule has 1 atom stereocenters. The van der Waals surface area contributed by atoms with Gasteiger partial charge in [0.05, 0.1) is 17.2 Å². The SMILES string of the molecule is COc1cccc(-c2nnc3n2C[C@@H](c2c(O)ccc(Cl)c2Cl)C3)c1. The molecule has 3 aromatic rings. The molecule has 2 heterocycles. The van der Waals surface area contributed by atoms with Crippen molar-refractivity contribution in [2.45, 2.75) is 18.9 Å². The molecule has 0 spiro atoms. The van der Waals surface area contributed by atoms with Crippen LogP contribution in [0.3, 0.4) is 0 Å². The number of fused-ring (bicyclic) bond motifs is 1. The van der Waals surface area contributed by atoms with Gasteiger partial charge in [-0.1, -0.05) is 35.3 Å². The molecule has 0 aliphatic carbocycles. The van der Waals surface area contributed by atoms with Gasteiger partial charge >= 0.3 is 0 Å². The van der Waals surface area contributed by atoms with E-state index in [1.807, 2.05) is 24.3 Å². The van der Waals surface area contributed by atoms with Crippen molar-refractivity contribution in [2.24, 2.45) is 0 Å². The molecule has 2 aromatic carbocycles. The first-order chi connectivity index (χ1) is 12.1. The number of rotatable bonds is 3. The van der Waals surface area contributed by atoms with E-state index in [1.165, 1.54) is 0 Å². The number of halogens is 2. The molecule has 128 valence electrons. The number of ether oxygens (including phenoxy) is 1. The topological polar surface area (TPSA) is 60.2 Å². The van der Waals surface area contributed by atoms with Gasteiger partial charge in [0.25, 0.3) is 0 Å². The van der Waals surface area contributed by atoms with Crippen LogP contribution in [0, 0.1) is 0 Å². The molecular weight excluding hydrogens is 361 g/mol. The first-order valence-electron chi connectivity index (χ1n) is 7.82. The Labute approximate surface area is 154 Å². The molecule has 25 heavy (non-hydrogen) atoms. The van der Waals surface area contributed by atoms with Crippen LogP contribution in [-0.2, 0) is 13.0 Å². The van der Waals surface area contributed by atoms with Gasteiger partial charge < -0.3 is 14.4 Å². The van der Waals surface area contributed by atoms with Gasteiger partial charge in [-0.25, -0.2) is 0 Å². The molecule has 1 aliphatic heterocycles. The van der Waals surface area contributed by atoms with Crippen molar-refractivity contribution in [3.05, 3.63) is 57.8 Å². The zero-order valence-corrected chi connectivity index (χ0v) is 14.9. The van der Waals surface area contributed by atoms with Crippen LogP contribution in [0.25, 0.3) is 11.4 Å². The highest BCUT2D eigenvalue weighted by Gasteiger charge is 2.31. The summed E-state index contributed by atoms with van der Waals surface area (Å²) in [6.07, 6.45) is 0.643.